The maximum atomic E-state index is 14.2. The van der Waals surface area contributed by atoms with Crippen molar-refractivity contribution in [1.29, 1.82) is 0 Å². The molecular weight excluding hydrogens is 590 g/mol. The lowest BCUT2D eigenvalue weighted by atomic mass is 9.85. The minimum Gasteiger partial charge on any atom is -0.481 e. The number of aromatic nitrogens is 4. The predicted molar refractivity (Wildman–Crippen MR) is 160 cm³/mol. The van der Waals surface area contributed by atoms with Gasteiger partial charge in [-0.05, 0) is 85.5 Å². The molecule has 6 rings (SSSR count). The molecule has 0 radical (unpaired) electrons. The Labute approximate surface area is 254 Å². The van der Waals surface area contributed by atoms with Crippen LogP contribution in [0.15, 0.2) is 47.6 Å². The highest BCUT2D eigenvalue weighted by Crippen LogP contribution is 2.38. The molecule has 0 bridgehead atoms. The second-order valence-corrected chi connectivity index (χ2v) is 13.7. The monoisotopic (exact) mass is 624 g/mol. The first-order valence-corrected chi connectivity index (χ1v) is 16.1. The Bertz CT molecular complexity index is 1860. The van der Waals surface area contributed by atoms with Gasteiger partial charge in [-0.2, -0.15) is 4.31 Å². The highest BCUT2D eigenvalue weighted by Gasteiger charge is 2.39. The van der Waals surface area contributed by atoms with Crippen LogP contribution in [0.25, 0.3) is 5.65 Å². The van der Waals surface area contributed by atoms with Crippen LogP contribution >= 0.6 is 0 Å². The number of aliphatic carboxylic acids is 1. The van der Waals surface area contributed by atoms with E-state index in [9.17, 15) is 27.1 Å². The van der Waals surface area contributed by atoms with E-state index in [0.29, 0.717) is 29.1 Å². The summed E-state index contributed by atoms with van der Waals surface area (Å²) < 4.78 is 58.0. The van der Waals surface area contributed by atoms with Crippen molar-refractivity contribution in [2.75, 3.05) is 18.0 Å². The Morgan fingerprint density at radius 1 is 1.11 bits per heavy atom. The first-order valence-electron chi connectivity index (χ1n) is 14.6. The molecule has 2 aliphatic rings. The summed E-state index contributed by atoms with van der Waals surface area (Å²) in [5.41, 5.74) is 4.48. The number of nitrogens with zero attached hydrogens (tertiary/aromatic N) is 6. The third kappa shape index (κ3) is 5.32. The molecule has 5 heterocycles. The van der Waals surface area contributed by atoms with Gasteiger partial charge in [0.25, 0.3) is 6.43 Å². The van der Waals surface area contributed by atoms with Crippen molar-refractivity contribution in [3.8, 4) is 0 Å². The molecule has 3 aromatic heterocycles. The van der Waals surface area contributed by atoms with E-state index in [1.54, 1.807) is 25.3 Å². The second-order valence-electron chi connectivity index (χ2n) is 11.8. The molecule has 2 atom stereocenters. The topological polar surface area (TPSA) is 121 Å². The summed E-state index contributed by atoms with van der Waals surface area (Å²) in [4.78, 5) is 19.0. The summed E-state index contributed by atoms with van der Waals surface area (Å²) in [5.74, 6) is -1.64. The number of carboxylic acid groups (broad SMARTS) is 1. The summed E-state index contributed by atoms with van der Waals surface area (Å²) in [6.45, 7) is 6.62. The molecule has 4 aromatic rings. The van der Waals surface area contributed by atoms with Crippen LogP contribution < -0.4 is 4.90 Å². The van der Waals surface area contributed by atoms with E-state index in [1.807, 2.05) is 32.0 Å². The summed E-state index contributed by atoms with van der Waals surface area (Å²) in [5, 5.41) is 17.4. The van der Waals surface area contributed by atoms with Crippen molar-refractivity contribution >= 4 is 27.5 Å². The van der Waals surface area contributed by atoms with Crippen LogP contribution in [0.5, 0.6) is 0 Å². The lowest BCUT2D eigenvalue weighted by molar-refractivity contribution is -0.137. The molecule has 1 fully saturated rings. The zero-order valence-corrected chi connectivity index (χ0v) is 25.6. The Morgan fingerprint density at radius 2 is 1.91 bits per heavy atom. The Morgan fingerprint density at radius 3 is 2.66 bits per heavy atom. The number of sulfonamides is 1. The van der Waals surface area contributed by atoms with Gasteiger partial charge in [0.05, 0.1) is 6.42 Å². The standard InChI is InChI=1S/C31H34F2N6O4S/c1-18-12-26-30(34-15-18)38-10-5-4-6-23(38)17-37(44(26,42)43)16-22-13-21(8-7-19(22)2)25(14-27(40)41)24-9-11-39-29(20(24)3)35-36-31(39)28(32)33/h7-9,11-13,15,23,25,28H,4-6,10,14,16-17H2,1-3H3,(H,40,41)/t23-,25+/m1/s1. The first kappa shape index (κ1) is 30.1. The largest absolute Gasteiger partial charge is 0.481 e. The van der Waals surface area contributed by atoms with Gasteiger partial charge in [-0.25, -0.2) is 22.2 Å². The molecule has 0 spiro atoms. The Balaban J connectivity index is 1.40. The molecule has 1 aromatic carbocycles. The lowest BCUT2D eigenvalue weighted by Crippen LogP contribution is -2.45. The smallest absolute Gasteiger partial charge is 0.304 e. The van der Waals surface area contributed by atoms with Crippen LogP contribution in [0.3, 0.4) is 0 Å². The van der Waals surface area contributed by atoms with Crippen LogP contribution in [0.1, 0.15) is 77.2 Å². The van der Waals surface area contributed by atoms with Crippen molar-refractivity contribution in [3.05, 3.63) is 81.9 Å². The number of carboxylic acids is 1. The van der Waals surface area contributed by atoms with E-state index in [4.69, 9.17) is 0 Å². The maximum absolute atomic E-state index is 14.2. The molecule has 232 valence electrons. The second kappa shape index (κ2) is 11.5. The van der Waals surface area contributed by atoms with Crippen molar-refractivity contribution in [2.24, 2.45) is 0 Å². The number of piperidine rings is 1. The number of anilines is 1. The van der Waals surface area contributed by atoms with Gasteiger partial charge in [-0.3, -0.25) is 9.20 Å². The molecule has 13 heteroatoms. The van der Waals surface area contributed by atoms with E-state index in [1.165, 1.54) is 14.9 Å². The molecule has 1 saturated heterocycles. The fourth-order valence-corrected chi connectivity index (χ4v) is 8.21. The third-order valence-corrected chi connectivity index (χ3v) is 10.7. The van der Waals surface area contributed by atoms with Crippen molar-refractivity contribution in [3.63, 3.8) is 0 Å². The number of alkyl halides is 2. The van der Waals surface area contributed by atoms with E-state index >= 15 is 0 Å². The number of halogens is 2. The number of carbonyl (C=O) groups is 1. The van der Waals surface area contributed by atoms with Crippen molar-refractivity contribution < 1.29 is 27.1 Å². The van der Waals surface area contributed by atoms with Gasteiger partial charge < -0.3 is 10.0 Å². The maximum Gasteiger partial charge on any atom is 0.304 e. The molecule has 0 amide bonds. The van der Waals surface area contributed by atoms with Gasteiger partial charge in [0.1, 0.15) is 10.7 Å². The number of aryl methyl sites for hydroxylation is 3. The minimum absolute atomic E-state index is 0.00566. The van der Waals surface area contributed by atoms with Gasteiger partial charge in [0, 0.05) is 44.0 Å². The average molecular weight is 625 g/mol. The van der Waals surface area contributed by atoms with Gasteiger partial charge in [-0.15, -0.1) is 10.2 Å². The summed E-state index contributed by atoms with van der Waals surface area (Å²) in [7, 11) is -3.90. The third-order valence-electron chi connectivity index (χ3n) is 8.87. The Kier molecular flexibility index (Phi) is 7.87. The van der Waals surface area contributed by atoms with Gasteiger partial charge in [-0.1, -0.05) is 18.2 Å². The van der Waals surface area contributed by atoms with Crippen LogP contribution in [-0.2, 0) is 21.4 Å². The Hall–Kier alpha value is -3.97. The molecule has 44 heavy (non-hydrogen) atoms. The first-order chi connectivity index (χ1) is 21.0. The highest BCUT2D eigenvalue weighted by molar-refractivity contribution is 7.89. The minimum atomic E-state index is -3.90. The van der Waals surface area contributed by atoms with Crippen LogP contribution in [-0.4, -0.2) is 62.5 Å². The molecule has 1 N–H and O–H groups in total. The van der Waals surface area contributed by atoms with Gasteiger partial charge in [0.2, 0.25) is 15.8 Å². The fraction of sp³-hybridized carbons (Fsp3) is 0.419. The average Bonchev–Trinajstić information content (AvgIpc) is 3.40. The zero-order chi connectivity index (χ0) is 31.3. The normalized spacial score (nSPS) is 19.0. The molecular formula is C31H34F2N6O4S. The highest BCUT2D eigenvalue weighted by atomic mass is 32.2. The number of fused-ring (bicyclic) bond motifs is 4. The SMILES string of the molecule is Cc1cnc2c(c1)S(=O)(=O)N(Cc1cc([C@H](CC(=O)O)c3ccn4c(C(F)F)nnc4c3C)ccc1C)C[C@H]1CCCCN21. The fourth-order valence-electron chi connectivity index (χ4n) is 6.52. The summed E-state index contributed by atoms with van der Waals surface area (Å²) in [6, 6.07) is 8.90. The van der Waals surface area contributed by atoms with E-state index in [0.717, 1.165) is 42.5 Å². The van der Waals surface area contributed by atoms with Crippen molar-refractivity contribution in [1.82, 2.24) is 23.9 Å². The zero-order valence-electron chi connectivity index (χ0n) is 24.7. The van der Waals surface area contributed by atoms with Gasteiger partial charge in [0.15, 0.2) is 5.65 Å². The molecule has 10 nitrogen and oxygen atoms in total. The van der Waals surface area contributed by atoms with E-state index in [2.05, 4.69) is 20.1 Å². The van der Waals surface area contributed by atoms with Crippen LogP contribution in [0.4, 0.5) is 14.6 Å². The van der Waals surface area contributed by atoms with Crippen LogP contribution in [0.2, 0.25) is 0 Å². The lowest BCUT2D eigenvalue weighted by Gasteiger charge is -2.36. The molecule has 2 aliphatic heterocycles. The summed E-state index contributed by atoms with van der Waals surface area (Å²) in [6.07, 6.45) is 2.92. The van der Waals surface area contributed by atoms with E-state index in [-0.39, 0.29) is 29.6 Å². The number of pyridine rings is 2. The molecule has 0 saturated carbocycles. The number of hydrogen-bond acceptors (Lipinski definition) is 7. The quantitative estimate of drug-likeness (QED) is 0.300. The van der Waals surface area contributed by atoms with Gasteiger partial charge >= 0.3 is 5.97 Å². The number of hydrogen-bond donors (Lipinski definition) is 1. The molecule has 0 unspecified atom stereocenters. The summed E-state index contributed by atoms with van der Waals surface area (Å²) >= 11 is 0. The molecule has 0 aliphatic carbocycles. The van der Waals surface area contributed by atoms with Crippen LogP contribution in [0, 0.1) is 20.8 Å². The number of benzene rings is 1. The predicted octanol–water partition coefficient (Wildman–Crippen LogP) is 5.16. The van der Waals surface area contributed by atoms with E-state index < -0.39 is 34.2 Å². The van der Waals surface area contributed by atoms with Crippen molar-refractivity contribution in [2.45, 2.75) is 76.3 Å². The number of rotatable bonds is 7.